The van der Waals surface area contributed by atoms with Gasteiger partial charge in [0.05, 0.1) is 5.69 Å². The lowest BCUT2D eigenvalue weighted by Gasteiger charge is -2.09. The molecule has 0 bridgehead atoms. The van der Waals surface area contributed by atoms with Crippen molar-refractivity contribution in [3.05, 3.63) is 60.4 Å². The normalized spacial score (nSPS) is 11.4. The quantitative estimate of drug-likeness (QED) is 0.673. The van der Waals surface area contributed by atoms with Crippen LogP contribution in [0.2, 0.25) is 0 Å². The summed E-state index contributed by atoms with van der Waals surface area (Å²) in [6.07, 6.45) is 1.31. The van der Waals surface area contributed by atoms with Gasteiger partial charge in [0, 0.05) is 12.1 Å². The minimum absolute atomic E-state index is 0.0678. The molecule has 0 atom stereocenters. The van der Waals surface area contributed by atoms with E-state index >= 15 is 0 Å². The van der Waals surface area contributed by atoms with Crippen molar-refractivity contribution < 1.29 is 21.4 Å². The zero-order valence-electron chi connectivity index (χ0n) is 11.3. The molecule has 118 valence electrons. The molecule has 3 rings (SSSR count). The Balaban J connectivity index is 1.93. The maximum Gasteiger partial charge on any atom is 0.342 e. The summed E-state index contributed by atoms with van der Waals surface area (Å²) in [7, 11) is -4.45. The number of hydrogen-bond acceptors (Lipinski definition) is 6. The van der Waals surface area contributed by atoms with Gasteiger partial charge in [-0.15, -0.1) is 5.10 Å². The highest BCUT2D eigenvalue weighted by Crippen LogP contribution is 2.23. The maximum absolute atomic E-state index is 13.6. The molecule has 7 nitrogen and oxygen atoms in total. The highest BCUT2D eigenvalue weighted by Gasteiger charge is 2.22. The van der Waals surface area contributed by atoms with Crippen LogP contribution in [0.5, 0.6) is 5.75 Å². The fourth-order valence-corrected chi connectivity index (χ4v) is 2.79. The zero-order valence-corrected chi connectivity index (χ0v) is 12.1. The van der Waals surface area contributed by atoms with Crippen molar-refractivity contribution in [2.75, 3.05) is 0 Å². The van der Waals surface area contributed by atoms with Crippen LogP contribution in [0.25, 0.3) is 5.69 Å². The van der Waals surface area contributed by atoms with Gasteiger partial charge < -0.3 is 4.18 Å². The molecule has 1 aromatic heterocycles. The third kappa shape index (κ3) is 3.16. The molecule has 0 aliphatic carbocycles. The van der Waals surface area contributed by atoms with Crippen molar-refractivity contribution in [3.8, 4) is 11.4 Å². The number of halogens is 2. The predicted octanol–water partition coefficient (Wildman–Crippen LogP) is 1.71. The second kappa shape index (κ2) is 5.72. The van der Waals surface area contributed by atoms with Crippen LogP contribution in [0.15, 0.2) is 53.7 Å². The predicted molar refractivity (Wildman–Crippen MR) is 73.3 cm³/mol. The molecule has 3 aromatic rings. The van der Waals surface area contributed by atoms with E-state index in [9.17, 15) is 17.2 Å². The van der Waals surface area contributed by atoms with Crippen molar-refractivity contribution in [2.24, 2.45) is 0 Å². The van der Waals surface area contributed by atoms with Crippen molar-refractivity contribution in [1.82, 2.24) is 20.2 Å². The fourth-order valence-electron chi connectivity index (χ4n) is 1.81. The molecule has 0 unspecified atom stereocenters. The van der Waals surface area contributed by atoms with Crippen molar-refractivity contribution in [2.45, 2.75) is 4.90 Å². The van der Waals surface area contributed by atoms with Crippen LogP contribution in [0.3, 0.4) is 0 Å². The summed E-state index contributed by atoms with van der Waals surface area (Å²) >= 11 is 0. The van der Waals surface area contributed by atoms with Gasteiger partial charge >= 0.3 is 10.1 Å². The lowest BCUT2D eigenvalue weighted by atomic mass is 10.3. The van der Waals surface area contributed by atoms with Crippen molar-refractivity contribution in [3.63, 3.8) is 0 Å². The van der Waals surface area contributed by atoms with E-state index in [4.69, 9.17) is 4.18 Å². The van der Waals surface area contributed by atoms with Crippen LogP contribution in [-0.2, 0) is 10.1 Å². The van der Waals surface area contributed by atoms with Gasteiger partial charge in [0.1, 0.15) is 28.6 Å². The van der Waals surface area contributed by atoms with Gasteiger partial charge in [0.2, 0.25) is 0 Å². The van der Waals surface area contributed by atoms with Gasteiger partial charge in [0.25, 0.3) is 0 Å². The molecule has 0 N–H and O–H groups in total. The topological polar surface area (TPSA) is 87.0 Å². The first kappa shape index (κ1) is 15.0. The van der Waals surface area contributed by atoms with E-state index in [0.717, 1.165) is 12.1 Å². The van der Waals surface area contributed by atoms with Gasteiger partial charge in [-0.1, -0.05) is 6.07 Å². The van der Waals surface area contributed by atoms with Crippen LogP contribution in [0, 0.1) is 11.6 Å². The van der Waals surface area contributed by atoms with E-state index in [1.165, 1.54) is 29.2 Å². The Bertz CT molecular complexity index is 946. The molecule has 0 aliphatic rings. The molecule has 10 heteroatoms. The summed E-state index contributed by atoms with van der Waals surface area (Å²) in [6.45, 7) is 0. The van der Waals surface area contributed by atoms with Gasteiger partial charge in [-0.2, -0.15) is 8.42 Å². The Labute approximate surface area is 129 Å². The van der Waals surface area contributed by atoms with Gasteiger partial charge in [-0.05, 0) is 34.7 Å². The van der Waals surface area contributed by atoms with Crippen LogP contribution >= 0.6 is 0 Å². The zero-order chi connectivity index (χ0) is 16.4. The van der Waals surface area contributed by atoms with E-state index in [-0.39, 0.29) is 5.75 Å². The molecule has 0 aliphatic heterocycles. The van der Waals surface area contributed by atoms with Crippen LogP contribution in [0.4, 0.5) is 8.78 Å². The molecule has 0 amide bonds. The monoisotopic (exact) mass is 338 g/mol. The largest absolute Gasteiger partial charge is 0.379 e. The molecule has 0 radical (unpaired) electrons. The molecule has 1 heterocycles. The Morgan fingerprint density at radius 3 is 2.61 bits per heavy atom. The minimum atomic E-state index is -4.45. The Morgan fingerprint density at radius 2 is 1.91 bits per heavy atom. The fraction of sp³-hybridized carbons (Fsp3) is 0. The lowest BCUT2D eigenvalue weighted by molar-refractivity contribution is 0.474. The molecule has 0 saturated heterocycles. The third-order valence-corrected chi connectivity index (χ3v) is 4.08. The van der Waals surface area contributed by atoms with Gasteiger partial charge in [-0.25, -0.2) is 13.5 Å². The average Bonchev–Trinajstić information content (AvgIpc) is 3.00. The third-order valence-electron chi connectivity index (χ3n) is 2.80. The van der Waals surface area contributed by atoms with E-state index in [0.29, 0.717) is 11.8 Å². The van der Waals surface area contributed by atoms with E-state index in [2.05, 4.69) is 15.5 Å². The van der Waals surface area contributed by atoms with Crippen LogP contribution in [-0.4, -0.2) is 28.6 Å². The Morgan fingerprint density at radius 1 is 1.09 bits per heavy atom. The average molecular weight is 338 g/mol. The molecular weight excluding hydrogens is 330 g/mol. The molecule has 0 saturated carbocycles. The number of tetrazole rings is 1. The van der Waals surface area contributed by atoms with E-state index in [1.807, 2.05) is 0 Å². The number of benzene rings is 2. The van der Waals surface area contributed by atoms with E-state index < -0.39 is 26.6 Å². The lowest BCUT2D eigenvalue weighted by Crippen LogP contribution is -2.12. The smallest absolute Gasteiger partial charge is 0.342 e. The summed E-state index contributed by atoms with van der Waals surface area (Å²) in [5, 5.41) is 10.6. The van der Waals surface area contributed by atoms with Gasteiger partial charge in [0.15, 0.2) is 0 Å². The Hall–Kier alpha value is -2.88. The molecular formula is C13H8F2N4O3S. The Kier molecular flexibility index (Phi) is 3.74. The number of nitrogens with zero attached hydrogens (tertiary/aromatic N) is 4. The number of rotatable bonds is 4. The van der Waals surface area contributed by atoms with Crippen LogP contribution < -0.4 is 4.18 Å². The standard InChI is InChI=1S/C13H8F2N4O3S/c14-9-4-5-13(12(15)6-9)23(20,21)22-11-3-1-2-10(7-11)19-8-16-17-18-19/h1-8H. The molecule has 0 spiro atoms. The number of aromatic nitrogens is 4. The van der Waals surface area contributed by atoms with E-state index in [1.54, 1.807) is 6.07 Å². The van der Waals surface area contributed by atoms with Crippen LogP contribution in [0.1, 0.15) is 0 Å². The first-order chi connectivity index (χ1) is 11.0. The first-order valence-electron chi connectivity index (χ1n) is 6.19. The highest BCUT2D eigenvalue weighted by molar-refractivity contribution is 7.87. The summed E-state index contributed by atoms with van der Waals surface area (Å²) in [5.41, 5.74) is 0.447. The summed E-state index contributed by atoms with van der Waals surface area (Å²) < 4.78 is 56.9. The van der Waals surface area contributed by atoms with Crippen molar-refractivity contribution >= 4 is 10.1 Å². The second-order valence-corrected chi connectivity index (χ2v) is 5.88. The second-order valence-electron chi connectivity index (χ2n) is 4.36. The number of hydrogen-bond donors (Lipinski definition) is 0. The van der Waals surface area contributed by atoms with Crippen molar-refractivity contribution in [1.29, 1.82) is 0 Å². The summed E-state index contributed by atoms with van der Waals surface area (Å²) in [6, 6.07) is 7.95. The molecule has 2 aromatic carbocycles. The SMILES string of the molecule is O=S(=O)(Oc1cccc(-n2cnnn2)c1)c1ccc(F)cc1F. The highest BCUT2D eigenvalue weighted by atomic mass is 32.2. The minimum Gasteiger partial charge on any atom is -0.379 e. The first-order valence-corrected chi connectivity index (χ1v) is 7.59. The molecule has 0 fully saturated rings. The van der Waals surface area contributed by atoms with Gasteiger partial charge in [-0.3, -0.25) is 0 Å². The summed E-state index contributed by atoms with van der Waals surface area (Å²) in [5.74, 6) is -2.19. The molecule has 23 heavy (non-hydrogen) atoms. The maximum atomic E-state index is 13.6. The summed E-state index contributed by atoms with van der Waals surface area (Å²) in [4.78, 5) is -0.758.